The second-order valence-corrected chi connectivity index (χ2v) is 8.61. The molecule has 0 atom stereocenters. The molecule has 2 aromatic carbocycles. The Bertz CT molecular complexity index is 990. The standard InChI is InChI=1S/C17H16N2O3S2/c1-11-7-8-12(9-15(11)24(2,21)22)17(20)18-10-16-19-13-5-3-4-6-14(13)23-16/h3-9H,10H2,1-2H3,(H,18,20). The SMILES string of the molecule is Cc1ccc(C(=O)NCc2nc3ccccc3s2)cc1S(C)(=O)=O. The molecule has 0 aliphatic rings. The van der Waals surface area contributed by atoms with E-state index in [1.165, 1.54) is 17.4 Å². The number of hydrogen-bond donors (Lipinski definition) is 1. The number of fused-ring (bicyclic) bond motifs is 1. The van der Waals surface area contributed by atoms with E-state index >= 15 is 0 Å². The van der Waals surface area contributed by atoms with Gasteiger partial charge in [-0.05, 0) is 36.8 Å². The van der Waals surface area contributed by atoms with E-state index in [9.17, 15) is 13.2 Å². The van der Waals surface area contributed by atoms with Gasteiger partial charge in [0.05, 0.1) is 21.7 Å². The van der Waals surface area contributed by atoms with Gasteiger partial charge in [-0.15, -0.1) is 11.3 Å². The van der Waals surface area contributed by atoms with Crippen LogP contribution < -0.4 is 5.32 Å². The summed E-state index contributed by atoms with van der Waals surface area (Å²) in [6.45, 7) is 2.01. The highest BCUT2D eigenvalue weighted by Crippen LogP contribution is 2.21. The number of amides is 1. The largest absolute Gasteiger partial charge is 0.346 e. The molecule has 1 N–H and O–H groups in total. The van der Waals surface area contributed by atoms with Gasteiger partial charge >= 0.3 is 0 Å². The molecule has 1 amide bonds. The highest BCUT2D eigenvalue weighted by Gasteiger charge is 2.15. The molecule has 3 rings (SSSR count). The maximum absolute atomic E-state index is 12.3. The van der Waals surface area contributed by atoms with Crippen LogP contribution in [0.5, 0.6) is 0 Å². The lowest BCUT2D eigenvalue weighted by molar-refractivity contribution is 0.0950. The van der Waals surface area contributed by atoms with Gasteiger partial charge in [0.1, 0.15) is 5.01 Å². The van der Waals surface area contributed by atoms with E-state index in [0.29, 0.717) is 17.7 Å². The molecule has 3 aromatic rings. The summed E-state index contributed by atoms with van der Waals surface area (Å²) >= 11 is 1.52. The average molecular weight is 360 g/mol. The fourth-order valence-corrected chi connectivity index (χ4v) is 4.30. The zero-order valence-electron chi connectivity index (χ0n) is 13.2. The molecule has 1 heterocycles. The molecule has 124 valence electrons. The van der Waals surface area contributed by atoms with E-state index in [2.05, 4.69) is 10.3 Å². The highest BCUT2D eigenvalue weighted by atomic mass is 32.2. The van der Waals surface area contributed by atoms with Crippen LogP contribution in [0.1, 0.15) is 20.9 Å². The van der Waals surface area contributed by atoms with Crippen LogP contribution in [0.2, 0.25) is 0 Å². The zero-order valence-corrected chi connectivity index (χ0v) is 14.9. The second-order valence-electron chi connectivity index (χ2n) is 5.51. The van der Waals surface area contributed by atoms with E-state index in [4.69, 9.17) is 0 Å². The zero-order chi connectivity index (χ0) is 17.3. The molecular weight excluding hydrogens is 344 g/mol. The third-order valence-corrected chi connectivity index (χ3v) is 5.86. The summed E-state index contributed by atoms with van der Waals surface area (Å²) in [5.41, 5.74) is 1.85. The van der Waals surface area contributed by atoms with Crippen LogP contribution >= 0.6 is 11.3 Å². The fourth-order valence-electron chi connectivity index (χ4n) is 2.39. The highest BCUT2D eigenvalue weighted by molar-refractivity contribution is 7.90. The van der Waals surface area contributed by atoms with E-state index in [1.54, 1.807) is 19.1 Å². The van der Waals surface area contributed by atoms with Crippen molar-refractivity contribution in [2.24, 2.45) is 0 Å². The molecule has 0 bridgehead atoms. The number of aryl methyl sites for hydroxylation is 1. The van der Waals surface area contributed by atoms with Crippen molar-refractivity contribution in [2.45, 2.75) is 18.4 Å². The lowest BCUT2D eigenvalue weighted by Crippen LogP contribution is -2.23. The molecule has 5 nitrogen and oxygen atoms in total. The summed E-state index contributed by atoms with van der Waals surface area (Å²) < 4.78 is 24.6. The second kappa shape index (κ2) is 6.33. The molecule has 0 saturated heterocycles. The minimum absolute atomic E-state index is 0.176. The van der Waals surface area contributed by atoms with E-state index < -0.39 is 9.84 Å². The average Bonchev–Trinajstić information content (AvgIpc) is 2.94. The fraction of sp³-hybridized carbons (Fsp3) is 0.176. The molecule has 7 heteroatoms. The molecular formula is C17H16N2O3S2. The van der Waals surface area contributed by atoms with Crippen molar-refractivity contribution in [1.82, 2.24) is 10.3 Å². The summed E-state index contributed by atoms with van der Waals surface area (Å²) in [4.78, 5) is 16.9. The van der Waals surface area contributed by atoms with Gasteiger partial charge in [-0.2, -0.15) is 0 Å². The monoisotopic (exact) mass is 360 g/mol. The first-order valence-corrected chi connectivity index (χ1v) is 9.99. The normalized spacial score (nSPS) is 11.6. The lowest BCUT2D eigenvalue weighted by atomic mass is 10.1. The number of hydrogen-bond acceptors (Lipinski definition) is 5. The smallest absolute Gasteiger partial charge is 0.251 e. The van der Waals surface area contributed by atoms with Gasteiger partial charge in [-0.3, -0.25) is 4.79 Å². The van der Waals surface area contributed by atoms with Crippen LogP contribution in [0.25, 0.3) is 10.2 Å². The number of carbonyl (C=O) groups is 1. The summed E-state index contributed by atoms with van der Waals surface area (Å²) in [6.07, 6.45) is 1.14. The summed E-state index contributed by atoms with van der Waals surface area (Å²) in [5.74, 6) is -0.320. The Morgan fingerprint density at radius 1 is 1.21 bits per heavy atom. The van der Waals surface area contributed by atoms with Crippen LogP contribution in [-0.2, 0) is 16.4 Å². The Morgan fingerprint density at radius 3 is 2.67 bits per heavy atom. The van der Waals surface area contributed by atoms with Crippen LogP contribution in [-0.4, -0.2) is 25.6 Å². The lowest BCUT2D eigenvalue weighted by Gasteiger charge is -2.07. The maximum atomic E-state index is 12.3. The number of thiazole rings is 1. The molecule has 0 fully saturated rings. The first kappa shape index (κ1) is 16.6. The Morgan fingerprint density at radius 2 is 1.96 bits per heavy atom. The topological polar surface area (TPSA) is 76.1 Å². The van der Waals surface area contributed by atoms with E-state index in [0.717, 1.165) is 21.5 Å². The van der Waals surface area contributed by atoms with Crippen LogP contribution in [0.4, 0.5) is 0 Å². The van der Waals surface area contributed by atoms with Crippen molar-refractivity contribution in [3.63, 3.8) is 0 Å². The first-order chi connectivity index (χ1) is 11.3. The van der Waals surface area contributed by atoms with Gasteiger partial charge in [0.25, 0.3) is 5.91 Å². The molecule has 0 radical (unpaired) electrons. The number of nitrogens with one attached hydrogen (secondary N) is 1. The van der Waals surface area contributed by atoms with E-state index in [1.807, 2.05) is 24.3 Å². The first-order valence-electron chi connectivity index (χ1n) is 7.28. The number of aromatic nitrogens is 1. The maximum Gasteiger partial charge on any atom is 0.251 e. The summed E-state index contributed by atoms with van der Waals surface area (Å²) in [7, 11) is -3.36. The summed E-state index contributed by atoms with van der Waals surface area (Å²) in [5, 5.41) is 3.59. The Balaban J connectivity index is 1.77. The van der Waals surface area contributed by atoms with Crippen LogP contribution in [0, 0.1) is 6.92 Å². The van der Waals surface area contributed by atoms with Gasteiger partial charge in [-0.1, -0.05) is 18.2 Å². The molecule has 0 saturated carbocycles. The van der Waals surface area contributed by atoms with Crippen LogP contribution in [0.15, 0.2) is 47.4 Å². The number of sulfone groups is 1. The van der Waals surface area contributed by atoms with Crippen molar-refractivity contribution in [3.8, 4) is 0 Å². The van der Waals surface area contributed by atoms with Gasteiger partial charge in [-0.25, -0.2) is 13.4 Å². The van der Waals surface area contributed by atoms with Crippen molar-refractivity contribution < 1.29 is 13.2 Å². The quantitative estimate of drug-likeness (QED) is 0.776. The predicted molar refractivity (Wildman–Crippen MR) is 95.1 cm³/mol. The Kier molecular flexibility index (Phi) is 4.38. The van der Waals surface area contributed by atoms with Gasteiger partial charge in [0.2, 0.25) is 0 Å². The molecule has 0 aliphatic heterocycles. The number of carbonyl (C=O) groups excluding carboxylic acids is 1. The molecule has 0 aliphatic carbocycles. The van der Waals surface area contributed by atoms with Gasteiger partial charge < -0.3 is 5.32 Å². The van der Waals surface area contributed by atoms with Crippen molar-refractivity contribution in [2.75, 3.05) is 6.26 Å². The van der Waals surface area contributed by atoms with Crippen LogP contribution in [0.3, 0.4) is 0 Å². The molecule has 1 aromatic heterocycles. The third-order valence-electron chi connectivity index (χ3n) is 3.59. The summed E-state index contributed by atoms with van der Waals surface area (Å²) in [6, 6.07) is 12.5. The molecule has 0 spiro atoms. The van der Waals surface area contributed by atoms with Crippen molar-refractivity contribution in [3.05, 3.63) is 58.6 Å². The minimum Gasteiger partial charge on any atom is -0.346 e. The number of nitrogens with zero attached hydrogens (tertiary/aromatic N) is 1. The number of rotatable bonds is 4. The van der Waals surface area contributed by atoms with E-state index in [-0.39, 0.29) is 10.8 Å². The number of para-hydroxylation sites is 1. The Hall–Kier alpha value is -2.25. The number of benzene rings is 2. The third kappa shape index (κ3) is 3.47. The molecule has 0 unspecified atom stereocenters. The van der Waals surface area contributed by atoms with Gasteiger partial charge in [0, 0.05) is 11.8 Å². The molecule has 24 heavy (non-hydrogen) atoms. The minimum atomic E-state index is -3.36. The van der Waals surface area contributed by atoms with Crippen molar-refractivity contribution >= 4 is 37.3 Å². The van der Waals surface area contributed by atoms with Gasteiger partial charge in [0.15, 0.2) is 9.84 Å². The Labute approximate surface area is 144 Å². The predicted octanol–water partition coefficient (Wildman–Crippen LogP) is 2.94. The van der Waals surface area contributed by atoms with Crippen molar-refractivity contribution in [1.29, 1.82) is 0 Å².